The molecule has 3 heterocycles. The maximum atomic E-state index is 13.0. The van der Waals surface area contributed by atoms with Gasteiger partial charge in [0.15, 0.2) is 0 Å². The smallest absolute Gasteiger partial charge is 0.236 e. The van der Waals surface area contributed by atoms with Gasteiger partial charge in [0, 0.05) is 63.3 Å². The minimum absolute atomic E-state index is 0.280. The molecule has 4 rings (SSSR count). The van der Waals surface area contributed by atoms with Crippen LogP contribution in [0.4, 0.5) is 0 Å². The van der Waals surface area contributed by atoms with E-state index in [1.54, 1.807) is 6.33 Å². The van der Waals surface area contributed by atoms with Crippen molar-refractivity contribution in [1.29, 1.82) is 0 Å². The molecule has 2 aromatic rings. The molecule has 1 saturated heterocycles. The zero-order valence-electron chi connectivity index (χ0n) is 19.8. The number of fused-ring (bicyclic) bond motifs is 1. The normalized spacial score (nSPS) is 18.6. The summed E-state index contributed by atoms with van der Waals surface area (Å²) in [5.41, 5.74) is 4.91. The van der Waals surface area contributed by atoms with Crippen LogP contribution in [0.5, 0.6) is 0 Å². The first kappa shape index (κ1) is 22.9. The second kappa shape index (κ2) is 10.5. The summed E-state index contributed by atoms with van der Waals surface area (Å²) < 4.78 is 0. The van der Waals surface area contributed by atoms with E-state index in [1.165, 1.54) is 24.0 Å². The molecule has 0 saturated carbocycles. The maximum absolute atomic E-state index is 13.0. The number of carbonyl (C=O) groups is 1. The molecule has 0 spiro atoms. The van der Waals surface area contributed by atoms with Crippen molar-refractivity contribution in [2.45, 2.75) is 52.6 Å². The van der Waals surface area contributed by atoms with Gasteiger partial charge in [0.1, 0.15) is 6.33 Å². The second-order valence-electron chi connectivity index (χ2n) is 9.59. The van der Waals surface area contributed by atoms with Crippen LogP contribution in [0.15, 0.2) is 36.9 Å². The van der Waals surface area contributed by atoms with Crippen LogP contribution in [0, 0.1) is 5.92 Å². The van der Waals surface area contributed by atoms with Gasteiger partial charge in [-0.05, 0) is 35.4 Å². The van der Waals surface area contributed by atoms with Crippen LogP contribution >= 0.6 is 0 Å². The lowest BCUT2D eigenvalue weighted by Gasteiger charge is -2.41. The van der Waals surface area contributed by atoms with Crippen molar-refractivity contribution in [1.82, 2.24) is 24.7 Å². The Morgan fingerprint density at radius 3 is 2.44 bits per heavy atom. The summed E-state index contributed by atoms with van der Waals surface area (Å²) in [6, 6.07) is 7.24. The fraction of sp³-hybridized carbons (Fsp3) is 0.577. The molecule has 1 atom stereocenters. The highest BCUT2D eigenvalue weighted by Gasteiger charge is 2.28. The third kappa shape index (κ3) is 5.36. The lowest BCUT2D eigenvalue weighted by molar-refractivity contribution is -0.134. The zero-order chi connectivity index (χ0) is 22.5. The standard InChI is InChI=1S/C26H37N5O/c1-4-5-25(20(2)3)30-10-12-31(13-11-30)26(32)18-29-9-8-22-14-21(6-7-23(22)17-29)24-15-27-19-28-16-24/h6-7,14-16,19-20,25H,4-5,8-13,17-18H2,1-3H3. The molecule has 2 aliphatic heterocycles. The van der Waals surface area contributed by atoms with E-state index in [0.29, 0.717) is 18.5 Å². The molecule has 6 nitrogen and oxygen atoms in total. The molecule has 0 bridgehead atoms. The fourth-order valence-corrected chi connectivity index (χ4v) is 5.20. The minimum atomic E-state index is 0.280. The van der Waals surface area contributed by atoms with E-state index in [9.17, 15) is 4.79 Å². The maximum Gasteiger partial charge on any atom is 0.236 e. The van der Waals surface area contributed by atoms with E-state index in [1.807, 2.05) is 12.4 Å². The Balaban J connectivity index is 1.30. The first-order valence-corrected chi connectivity index (χ1v) is 12.2. The largest absolute Gasteiger partial charge is 0.339 e. The highest BCUT2D eigenvalue weighted by atomic mass is 16.2. The molecule has 1 aromatic heterocycles. The summed E-state index contributed by atoms with van der Waals surface area (Å²) in [4.78, 5) is 28.2. The summed E-state index contributed by atoms with van der Waals surface area (Å²) in [5.74, 6) is 0.947. The van der Waals surface area contributed by atoms with Gasteiger partial charge in [0.25, 0.3) is 0 Å². The molecule has 0 aliphatic carbocycles. The van der Waals surface area contributed by atoms with Gasteiger partial charge in [-0.1, -0.05) is 45.4 Å². The van der Waals surface area contributed by atoms with Crippen LogP contribution in [-0.4, -0.2) is 75.9 Å². The van der Waals surface area contributed by atoms with Crippen LogP contribution in [0.2, 0.25) is 0 Å². The molecular weight excluding hydrogens is 398 g/mol. The first-order chi connectivity index (χ1) is 15.5. The molecule has 6 heteroatoms. The number of aromatic nitrogens is 2. The van der Waals surface area contributed by atoms with Crippen molar-refractivity contribution in [2.75, 3.05) is 39.3 Å². The second-order valence-corrected chi connectivity index (χ2v) is 9.59. The molecule has 1 fully saturated rings. The fourth-order valence-electron chi connectivity index (χ4n) is 5.20. The van der Waals surface area contributed by atoms with Crippen LogP contribution < -0.4 is 0 Å². The van der Waals surface area contributed by atoms with Gasteiger partial charge in [0.05, 0.1) is 6.54 Å². The highest BCUT2D eigenvalue weighted by Crippen LogP contribution is 2.26. The number of piperazine rings is 1. The van der Waals surface area contributed by atoms with Gasteiger partial charge < -0.3 is 4.90 Å². The minimum Gasteiger partial charge on any atom is -0.339 e. The Kier molecular flexibility index (Phi) is 7.53. The third-order valence-electron chi connectivity index (χ3n) is 7.04. The molecule has 172 valence electrons. The van der Waals surface area contributed by atoms with Crippen LogP contribution in [-0.2, 0) is 17.8 Å². The molecule has 1 amide bonds. The number of carbonyl (C=O) groups excluding carboxylic acids is 1. The van der Waals surface area contributed by atoms with Crippen LogP contribution in [0.25, 0.3) is 11.1 Å². The van der Waals surface area contributed by atoms with Crippen molar-refractivity contribution in [3.63, 3.8) is 0 Å². The monoisotopic (exact) mass is 435 g/mol. The van der Waals surface area contributed by atoms with Crippen LogP contribution in [0.1, 0.15) is 44.7 Å². The quantitative estimate of drug-likeness (QED) is 0.667. The number of hydrogen-bond donors (Lipinski definition) is 0. The van der Waals surface area contributed by atoms with E-state index in [-0.39, 0.29) is 5.91 Å². The molecule has 1 aromatic carbocycles. The number of nitrogens with zero attached hydrogens (tertiary/aromatic N) is 5. The number of hydrogen-bond acceptors (Lipinski definition) is 5. The van der Waals surface area contributed by atoms with E-state index in [0.717, 1.165) is 56.8 Å². The summed E-state index contributed by atoms with van der Waals surface area (Å²) >= 11 is 0. The van der Waals surface area contributed by atoms with Gasteiger partial charge in [-0.15, -0.1) is 0 Å². The van der Waals surface area contributed by atoms with E-state index < -0.39 is 0 Å². The Labute approximate surface area is 192 Å². The van der Waals surface area contributed by atoms with Crippen molar-refractivity contribution < 1.29 is 4.79 Å². The van der Waals surface area contributed by atoms with E-state index in [4.69, 9.17) is 0 Å². The van der Waals surface area contributed by atoms with E-state index in [2.05, 4.69) is 63.6 Å². The molecular formula is C26H37N5O. The van der Waals surface area contributed by atoms with Gasteiger partial charge in [-0.3, -0.25) is 14.6 Å². The average molecular weight is 436 g/mol. The molecule has 2 aliphatic rings. The Morgan fingerprint density at radius 1 is 1.00 bits per heavy atom. The van der Waals surface area contributed by atoms with Gasteiger partial charge in [-0.25, -0.2) is 9.97 Å². The summed E-state index contributed by atoms with van der Waals surface area (Å²) in [6.45, 7) is 12.9. The zero-order valence-corrected chi connectivity index (χ0v) is 19.8. The van der Waals surface area contributed by atoms with Crippen molar-refractivity contribution in [3.8, 4) is 11.1 Å². The molecule has 32 heavy (non-hydrogen) atoms. The molecule has 0 N–H and O–H groups in total. The highest BCUT2D eigenvalue weighted by molar-refractivity contribution is 5.78. The number of rotatable bonds is 7. The predicted molar refractivity (Wildman–Crippen MR) is 128 cm³/mol. The first-order valence-electron chi connectivity index (χ1n) is 12.2. The van der Waals surface area contributed by atoms with Crippen molar-refractivity contribution in [3.05, 3.63) is 48.0 Å². The topological polar surface area (TPSA) is 52.6 Å². The van der Waals surface area contributed by atoms with Crippen LogP contribution in [0.3, 0.4) is 0 Å². The lowest BCUT2D eigenvalue weighted by Crippen LogP contribution is -2.54. The van der Waals surface area contributed by atoms with Gasteiger partial charge in [-0.2, -0.15) is 0 Å². The van der Waals surface area contributed by atoms with E-state index >= 15 is 0 Å². The Morgan fingerprint density at radius 2 is 1.75 bits per heavy atom. The van der Waals surface area contributed by atoms with Crippen molar-refractivity contribution in [2.24, 2.45) is 5.92 Å². The lowest BCUT2D eigenvalue weighted by atomic mass is 9.95. The SMILES string of the molecule is CCCC(C(C)C)N1CCN(C(=O)CN2CCc3cc(-c4cncnc4)ccc3C2)CC1. The summed E-state index contributed by atoms with van der Waals surface area (Å²) in [6.07, 6.45) is 8.72. The average Bonchev–Trinajstić information content (AvgIpc) is 2.82. The Hall–Kier alpha value is -2.31. The number of amides is 1. The van der Waals surface area contributed by atoms with Gasteiger partial charge in [0.2, 0.25) is 5.91 Å². The molecule has 0 radical (unpaired) electrons. The number of benzene rings is 1. The van der Waals surface area contributed by atoms with Gasteiger partial charge >= 0.3 is 0 Å². The third-order valence-corrected chi connectivity index (χ3v) is 7.04. The van der Waals surface area contributed by atoms with Crippen molar-refractivity contribution >= 4 is 5.91 Å². The predicted octanol–water partition coefficient (Wildman–Crippen LogP) is 3.47. The summed E-state index contributed by atoms with van der Waals surface area (Å²) in [7, 11) is 0. The molecule has 1 unspecified atom stereocenters. The Bertz CT molecular complexity index is 892. The summed E-state index contributed by atoms with van der Waals surface area (Å²) in [5, 5.41) is 0.